The lowest BCUT2D eigenvalue weighted by Gasteiger charge is -1.99. The fourth-order valence-electron chi connectivity index (χ4n) is 1.26. The molecular weight excluding hydrogens is 268 g/mol. The van der Waals surface area contributed by atoms with E-state index in [9.17, 15) is 4.79 Å². The average Bonchev–Trinajstić information content (AvgIpc) is 2.88. The van der Waals surface area contributed by atoms with Crippen molar-refractivity contribution in [1.82, 2.24) is 10.2 Å². The summed E-state index contributed by atoms with van der Waals surface area (Å²) in [4.78, 5) is 10.4. The number of carboxylic acid groups (broad SMARTS) is 1. The highest BCUT2D eigenvalue weighted by atomic mass is 32.2. The summed E-state index contributed by atoms with van der Waals surface area (Å²) < 4.78 is 0.949. The molecule has 18 heavy (non-hydrogen) atoms. The van der Waals surface area contributed by atoms with Gasteiger partial charge in [0.1, 0.15) is 5.51 Å². The molecule has 1 N–H and O–H groups in total. The largest absolute Gasteiger partial charge is 0.478 e. The lowest BCUT2D eigenvalue weighted by molar-refractivity contribution is -0.131. The van der Waals surface area contributed by atoms with Gasteiger partial charge in [0.2, 0.25) is 0 Å². The molecule has 0 radical (unpaired) electrons. The van der Waals surface area contributed by atoms with E-state index in [2.05, 4.69) is 10.2 Å². The number of aliphatic carboxylic acids is 1. The molecule has 4 nitrogen and oxygen atoms in total. The Kier molecular flexibility index (Phi) is 4.49. The molecule has 0 amide bonds. The third-order valence-corrected chi connectivity index (χ3v) is 4.03. The summed E-state index contributed by atoms with van der Waals surface area (Å²) in [5.41, 5.74) is 3.76. The van der Waals surface area contributed by atoms with Crippen molar-refractivity contribution in [3.05, 3.63) is 47.0 Å². The maximum atomic E-state index is 10.4. The molecule has 2 rings (SSSR count). The minimum Gasteiger partial charge on any atom is -0.478 e. The monoisotopic (exact) mass is 278 g/mol. The Morgan fingerprint density at radius 2 is 2.17 bits per heavy atom. The molecule has 1 heterocycles. The molecular formula is C12H10N2O2S2. The molecule has 92 valence electrons. The zero-order valence-corrected chi connectivity index (χ0v) is 10.9. The normalized spacial score (nSPS) is 10.9. The summed E-state index contributed by atoms with van der Waals surface area (Å²) in [5, 5.41) is 16.2. The quantitative estimate of drug-likeness (QED) is 0.673. The molecule has 0 aliphatic heterocycles. The molecule has 6 heteroatoms. The van der Waals surface area contributed by atoms with Gasteiger partial charge in [-0.05, 0) is 17.2 Å². The van der Waals surface area contributed by atoms with Crippen molar-refractivity contribution in [2.75, 3.05) is 0 Å². The molecule has 0 fully saturated rings. The van der Waals surface area contributed by atoms with Crippen LogP contribution in [0.2, 0.25) is 0 Å². The molecule has 1 aromatic heterocycles. The Hall–Kier alpha value is -1.66. The molecule has 0 aliphatic carbocycles. The van der Waals surface area contributed by atoms with Crippen LogP contribution in [0.4, 0.5) is 0 Å². The van der Waals surface area contributed by atoms with Crippen LogP contribution in [0.5, 0.6) is 0 Å². The van der Waals surface area contributed by atoms with E-state index >= 15 is 0 Å². The van der Waals surface area contributed by atoms with Crippen LogP contribution in [-0.4, -0.2) is 21.3 Å². The summed E-state index contributed by atoms with van der Waals surface area (Å²) in [5.74, 6) is -0.108. The van der Waals surface area contributed by atoms with Gasteiger partial charge >= 0.3 is 5.97 Å². The van der Waals surface area contributed by atoms with E-state index in [0.717, 1.165) is 21.7 Å². The van der Waals surface area contributed by atoms with E-state index in [1.807, 2.05) is 24.3 Å². The highest BCUT2D eigenvalue weighted by Crippen LogP contribution is 2.23. The zero-order chi connectivity index (χ0) is 12.8. The third kappa shape index (κ3) is 3.97. The standard InChI is InChI=1S/C12H10N2O2S2/c15-11(16)6-5-9-1-3-10(4-2-9)7-17-12-14-13-8-18-12/h1-6,8H,7H2,(H,15,16)/b6-5+. The summed E-state index contributed by atoms with van der Waals surface area (Å²) in [6, 6.07) is 7.76. The lowest BCUT2D eigenvalue weighted by Crippen LogP contribution is -1.86. The molecule has 0 bridgehead atoms. The van der Waals surface area contributed by atoms with E-state index in [1.165, 1.54) is 16.9 Å². The highest BCUT2D eigenvalue weighted by molar-refractivity contribution is 8.00. The number of rotatable bonds is 5. The smallest absolute Gasteiger partial charge is 0.328 e. The van der Waals surface area contributed by atoms with Crippen LogP contribution >= 0.6 is 23.1 Å². The first-order valence-electron chi connectivity index (χ1n) is 5.13. The molecule has 0 saturated heterocycles. The molecule has 0 unspecified atom stereocenters. The summed E-state index contributed by atoms with van der Waals surface area (Å²) in [7, 11) is 0. The van der Waals surface area contributed by atoms with E-state index < -0.39 is 5.97 Å². The second-order valence-corrected chi connectivity index (χ2v) is 5.46. The van der Waals surface area contributed by atoms with Gasteiger partial charge in [0.15, 0.2) is 4.34 Å². The summed E-state index contributed by atoms with van der Waals surface area (Å²) in [6.07, 6.45) is 2.70. The van der Waals surface area contributed by atoms with Crippen LogP contribution in [0.15, 0.2) is 40.2 Å². The van der Waals surface area contributed by atoms with Gasteiger partial charge in [-0.2, -0.15) is 0 Å². The van der Waals surface area contributed by atoms with E-state index in [-0.39, 0.29) is 0 Å². The lowest BCUT2D eigenvalue weighted by atomic mass is 10.1. The van der Waals surface area contributed by atoms with Crippen molar-refractivity contribution >= 4 is 35.1 Å². The Labute approximate surface area is 112 Å². The summed E-state index contributed by atoms with van der Waals surface area (Å²) in [6.45, 7) is 0. The second kappa shape index (κ2) is 6.32. The first-order valence-corrected chi connectivity index (χ1v) is 6.99. The van der Waals surface area contributed by atoms with Crippen molar-refractivity contribution in [2.45, 2.75) is 10.1 Å². The second-order valence-electron chi connectivity index (χ2n) is 3.41. The fourth-order valence-corrected chi connectivity index (χ4v) is 2.71. The zero-order valence-electron chi connectivity index (χ0n) is 9.31. The topological polar surface area (TPSA) is 63.1 Å². The van der Waals surface area contributed by atoms with Crippen LogP contribution in [0, 0.1) is 0 Å². The van der Waals surface area contributed by atoms with Gasteiger partial charge in [0.05, 0.1) is 0 Å². The van der Waals surface area contributed by atoms with Crippen molar-refractivity contribution in [3.63, 3.8) is 0 Å². The Morgan fingerprint density at radius 1 is 1.39 bits per heavy atom. The highest BCUT2D eigenvalue weighted by Gasteiger charge is 1.99. The molecule has 0 aliphatic rings. The maximum absolute atomic E-state index is 10.4. The Balaban J connectivity index is 1.93. The molecule has 1 aromatic carbocycles. The van der Waals surface area contributed by atoms with Crippen molar-refractivity contribution in [3.8, 4) is 0 Å². The predicted molar refractivity (Wildman–Crippen MR) is 72.6 cm³/mol. The van der Waals surface area contributed by atoms with Crippen molar-refractivity contribution in [1.29, 1.82) is 0 Å². The fraction of sp³-hybridized carbons (Fsp3) is 0.0833. The number of carbonyl (C=O) groups is 1. The van der Waals surface area contributed by atoms with Gasteiger partial charge in [-0.15, -0.1) is 10.2 Å². The van der Waals surface area contributed by atoms with Gasteiger partial charge in [0.25, 0.3) is 0 Å². The Morgan fingerprint density at radius 3 is 2.78 bits per heavy atom. The van der Waals surface area contributed by atoms with E-state index in [4.69, 9.17) is 5.11 Å². The number of hydrogen-bond acceptors (Lipinski definition) is 5. The minimum atomic E-state index is -0.939. The van der Waals surface area contributed by atoms with E-state index in [0.29, 0.717) is 0 Å². The van der Waals surface area contributed by atoms with Crippen LogP contribution in [0.3, 0.4) is 0 Å². The van der Waals surface area contributed by atoms with Gasteiger partial charge in [-0.1, -0.05) is 47.4 Å². The SMILES string of the molecule is O=C(O)/C=C/c1ccc(CSc2nncs2)cc1. The Bertz CT molecular complexity index is 536. The number of nitrogens with zero attached hydrogens (tertiary/aromatic N) is 2. The van der Waals surface area contributed by atoms with Crippen LogP contribution in [-0.2, 0) is 10.5 Å². The number of aromatic nitrogens is 2. The third-order valence-electron chi connectivity index (χ3n) is 2.10. The summed E-state index contributed by atoms with van der Waals surface area (Å²) >= 11 is 3.16. The van der Waals surface area contributed by atoms with Crippen LogP contribution in [0.1, 0.15) is 11.1 Å². The number of hydrogen-bond donors (Lipinski definition) is 1. The number of thioether (sulfide) groups is 1. The maximum Gasteiger partial charge on any atom is 0.328 e. The van der Waals surface area contributed by atoms with Gasteiger partial charge in [-0.3, -0.25) is 0 Å². The van der Waals surface area contributed by atoms with E-state index in [1.54, 1.807) is 23.3 Å². The number of benzene rings is 1. The van der Waals surface area contributed by atoms with Crippen molar-refractivity contribution < 1.29 is 9.90 Å². The minimum absolute atomic E-state index is 0.831. The van der Waals surface area contributed by atoms with Crippen LogP contribution < -0.4 is 0 Å². The van der Waals surface area contributed by atoms with Crippen LogP contribution in [0.25, 0.3) is 6.08 Å². The van der Waals surface area contributed by atoms with Gasteiger partial charge < -0.3 is 5.11 Å². The number of carboxylic acids is 1. The first kappa shape index (κ1) is 12.8. The molecule has 0 atom stereocenters. The average molecular weight is 278 g/mol. The predicted octanol–water partition coefficient (Wildman–Crippen LogP) is 2.93. The van der Waals surface area contributed by atoms with Gasteiger partial charge in [0, 0.05) is 11.8 Å². The molecule has 0 spiro atoms. The molecule has 2 aromatic rings. The van der Waals surface area contributed by atoms with Crippen molar-refractivity contribution in [2.24, 2.45) is 0 Å². The van der Waals surface area contributed by atoms with Gasteiger partial charge in [-0.25, -0.2) is 4.79 Å². The first-order chi connectivity index (χ1) is 8.74. The molecule has 0 saturated carbocycles.